The quantitative estimate of drug-likeness (QED) is 0.519. The van der Waals surface area contributed by atoms with E-state index in [4.69, 9.17) is 9.47 Å². The smallest absolute Gasteiger partial charge is 0.318 e. The molecule has 0 unspecified atom stereocenters. The number of halogens is 1. The Morgan fingerprint density at radius 1 is 1.19 bits per heavy atom. The summed E-state index contributed by atoms with van der Waals surface area (Å²) in [5, 5.41) is 0. The summed E-state index contributed by atoms with van der Waals surface area (Å²) in [5.41, 5.74) is 5.51. The van der Waals surface area contributed by atoms with Gasteiger partial charge in [-0.1, -0.05) is 30.3 Å². The molecule has 0 radical (unpaired) electrons. The first kappa shape index (κ1) is 19.1. The molecule has 2 rings (SSSR count). The molecule has 0 saturated heterocycles. The highest BCUT2D eigenvalue weighted by molar-refractivity contribution is 5.81. The number of carbonyl (C=O) groups is 2. The lowest BCUT2D eigenvalue weighted by atomic mass is 10.2. The number of hydrogen-bond acceptors (Lipinski definition) is 7. The minimum Gasteiger partial charge on any atom is -0.466 e. The Hall–Kier alpha value is -3.23. The van der Waals surface area contributed by atoms with Gasteiger partial charge in [0.05, 0.1) is 19.2 Å². The van der Waals surface area contributed by atoms with Gasteiger partial charge in [0.15, 0.2) is 11.6 Å². The highest BCUT2D eigenvalue weighted by Gasteiger charge is 2.11. The molecule has 26 heavy (non-hydrogen) atoms. The molecular formula is C17H19FN4O4. The van der Waals surface area contributed by atoms with Crippen molar-refractivity contribution in [2.45, 2.75) is 26.4 Å². The van der Waals surface area contributed by atoms with Crippen LogP contribution in [0.2, 0.25) is 0 Å². The first-order valence-electron chi connectivity index (χ1n) is 7.98. The number of ether oxygens (including phenoxy) is 2. The second-order valence-electron chi connectivity index (χ2n) is 5.10. The number of amides is 1. The summed E-state index contributed by atoms with van der Waals surface area (Å²) in [7, 11) is 0. The predicted octanol–water partition coefficient (Wildman–Crippen LogP) is 1.98. The lowest BCUT2D eigenvalue weighted by molar-refractivity contribution is -0.144. The van der Waals surface area contributed by atoms with Gasteiger partial charge in [0.2, 0.25) is 5.91 Å². The first-order chi connectivity index (χ1) is 12.6. The van der Waals surface area contributed by atoms with Crippen molar-refractivity contribution in [3.63, 3.8) is 0 Å². The number of hydrazine groups is 1. The van der Waals surface area contributed by atoms with Gasteiger partial charge >= 0.3 is 12.0 Å². The number of anilines is 1. The van der Waals surface area contributed by atoms with Gasteiger partial charge in [0, 0.05) is 6.42 Å². The average Bonchev–Trinajstić information content (AvgIpc) is 2.65. The van der Waals surface area contributed by atoms with E-state index in [0.29, 0.717) is 0 Å². The van der Waals surface area contributed by atoms with Gasteiger partial charge in [-0.05, 0) is 12.5 Å². The largest absolute Gasteiger partial charge is 0.466 e. The summed E-state index contributed by atoms with van der Waals surface area (Å²) in [4.78, 5) is 30.4. The highest BCUT2D eigenvalue weighted by atomic mass is 19.1. The number of carbonyl (C=O) groups excluding carboxylic acids is 2. The highest BCUT2D eigenvalue weighted by Crippen LogP contribution is 2.13. The number of aromatic nitrogens is 2. The van der Waals surface area contributed by atoms with Gasteiger partial charge in [0.1, 0.15) is 6.61 Å². The van der Waals surface area contributed by atoms with E-state index >= 15 is 0 Å². The molecule has 0 aliphatic heterocycles. The van der Waals surface area contributed by atoms with E-state index in [0.717, 1.165) is 11.8 Å². The van der Waals surface area contributed by atoms with Gasteiger partial charge in [0.25, 0.3) is 0 Å². The molecular weight excluding hydrogens is 343 g/mol. The van der Waals surface area contributed by atoms with Crippen LogP contribution in [0.1, 0.15) is 25.3 Å². The fraction of sp³-hybridized carbons (Fsp3) is 0.294. The molecule has 0 saturated carbocycles. The van der Waals surface area contributed by atoms with Gasteiger partial charge in [-0.25, -0.2) is 9.37 Å². The Bertz CT molecular complexity index is 743. The molecule has 0 aliphatic carbocycles. The monoisotopic (exact) mass is 362 g/mol. The molecule has 0 atom stereocenters. The van der Waals surface area contributed by atoms with Crippen LogP contribution < -0.4 is 15.6 Å². The van der Waals surface area contributed by atoms with E-state index in [9.17, 15) is 14.0 Å². The number of nitrogens with one attached hydrogen (secondary N) is 2. The van der Waals surface area contributed by atoms with Gasteiger partial charge in [-0.2, -0.15) is 4.98 Å². The lowest BCUT2D eigenvalue weighted by Crippen LogP contribution is -2.30. The number of hydrogen-bond donors (Lipinski definition) is 2. The maximum atomic E-state index is 13.7. The maximum Gasteiger partial charge on any atom is 0.318 e. The minimum absolute atomic E-state index is 0.0430. The van der Waals surface area contributed by atoms with Crippen LogP contribution in [0, 0.1) is 5.82 Å². The normalized spacial score (nSPS) is 10.1. The molecule has 0 spiro atoms. The summed E-state index contributed by atoms with van der Waals surface area (Å²) in [6, 6.07) is 9.30. The molecule has 1 amide bonds. The molecule has 0 fully saturated rings. The fourth-order valence-electron chi connectivity index (χ4n) is 1.87. The van der Waals surface area contributed by atoms with E-state index in [2.05, 4.69) is 20.8 Å². The number of esters is 1. The Morgan fingerprint density at radius 3 is 2.69 bits per heavy atom. The van der Waals surface area contributed by atoms with Gasteiger partial charge in [-0.15, -0.1) is 0 Å². The van der Waals surface area contributed by atoms with Crippen LogP contribution >= 0.6 is 0 Å². The topological polar surface area (TPSA) is 102 Å². The molecule has 138 valence electrons. The molecule has 2 N–H and O–H groups in total. The summed E-state index contributed by atoms with van der Waals surface area (Å²) in [6.45, 7) is 2.14. The SMILES string of the molecule is CCOC(=O)CCC(=O)NNc1nc(OCc2ccccc2)ncc1F. The minimum atomic E-state index is -0.761. The second-order valence-corrected chi connectivity index (χ2v) is 5.10. The van der Waals surface area contributed by atoms with Crippen molar-refractivity contribution >= 4 is 17.7 Å². The number of nitrogens with zero attached hydrogens (tertiary/aromatic N) is 2. The third kappa shape index (κ3) is 6.34. The van der Waals surface area contributed by atoms with E-state index in [1.54, 1.807) is 6.92 Å². The summed E-state index contributed by atoms with van der Waals surface area (Å²) < 4.78 is 23.8. The van der Waals surface area contributed by atoms with E-state index in [1.165, 1.54) is 0 Å². The van der Waals surface area contributed by atoms with Crippen molar-refractivity contribution in [1.82, 2.24) is 15.4 Å². The van der Waals surface area contributed by atoms with E-state index < -0.39 is 17.7 Å². The fourth-order valence-corrected chi connectivity index (χ4v) is 1.87. The number of benzene rings is 1. The zero-order chi connectivity index (χ0) is 18.8. The Balaban J connectivity index is 1.84. The Labute approximate surface area is 149 Å². The zero-order valence-electron chi connectivity index (χ0n) is 14.2. The average molecular weight is 362 g/mol. The summed E-state index contributed by atoms with van der Waals surface area (Å²) in [5.74, 6) is -1.99. The van der Waals surface area contributed by atoms with Crippen LogP contribution in [0.25, 0.3) is 0 Å². The first-order valence-corrected chi connectivity index (χ1v) is 7.98. The Kier molecular flexibility index (Phi) is 7.29. The lowest BCUT2D eigenvalue weighted by Gasteiger charge is -2.10. The number of rotatable bonds is 9. The van der Waals surface area contributed by atoms with E-state index in [-0.39, 0.29) is 37.9 Å². The Morgan fingerprint density at radius 2 is 1.96 bits per heavy atom. The van der Waals surface area contributed by atoms with Crippen LogP contribution in [0.4, 0.5) is 10.2 Å². The maximum absolute atomic E-state index is 13.7. The van der Waals surface area contributed by atoms with Crippen molar-refractivity contribution in [3.8, 4) is 6.01 Å². The summed E-state index contributed by atoms with van der Waals surface area (Å²) >= 11 is 0. The van der Waals surface area contributed by atoms with Crippen molar-refractivity contribution in [2.24, 2.45) is 0 Å². The van der Waals surface area contributed by atoms with Crippen LogP contribution in [-0.4, -0.2) is 28.5 Å². The van der Waals surface area contributed by atoms with Crippen molar-refractivity contribution in [1.29, 1.82) is 0 Å². The standard InChI is InChI=1S/C17H19FN4O4/c1-2-25-15(24)9-8-14(23)21-22-16-13(18)10-19-17(20-16)26-11-12-6-4-3-5-7-12/h3-7,10H,2,8-9,11H2,1H3,(H,21,23)(H,19,20,22). The van der Waals surface area contributed by atoms with Crippen LogP contribution in [0.5, 0.6) is 6.01 Å². The van der Waals surface area contributed by atoms with Crippen molar-refractivity contribution in [3.05, 3.63) is 47.9 Å². The molecule has 1 heterocycles. The molecule has 0 bridgehead atoms. The molecule has 2 aromatic rings. The summed E-state index contributed by atoms with van der Waals surface area (Å²) in [6.07, 6.45) is 0.759. The van der Waals surface area contributed by atoms with Gasteiger partial charge < -0.3 is 9.47 Å². The third-order valence-corrected chi connectivity index (χ3v) is 3.11. The molecule has 1 aromatic carbocycles. The van der Waals surface area contributed by atoms with Crippen molar-refractivity contribution < 1.29 is 23.5 Å². The van der Waals surface area contributed by atoms with Crippen LogP contribution in [0.15, 0.2) is 36.5 Å². The third-order valence-electron chi connectivity index (χ3n) is 3.11. The molecule has 1 aromatic heterocycles. The van der Waals surface area contributed by atoms with E-state index in [1.807, 2.05) is 30.3 Å². The van der Waals surface area contributed by atoms with Crippen LogP contribution in [-0.2, 0) is 20.9 Å². The zero-order valence-corrected chi connectivity index (χ0v) is 14.2. The van der Waals surface area contributed by atoms with Crippen LogP contribution in [0.3, 0.4) is 0 Å². The molecule has 8 nitrogen and oxygen atoms in total. The second kappa shape index (κ2) is 9.92. The van der Waals surface area contributed by atoms with Crippen molar-refractivity contribution in [2.75, 3.05) is 12.0 Å². The van der Waals surface area contributed by atoms with Gasteiger partial charge in [-0.3, -0.25) is 20.4 Å². The molecule has 0 aliphatic rings. The molecule has 9 heteroatoms. The predicted molar refractivity (Wildman–Crippen MR) is 90.4 cm³/mol.